The van der Waals surface area contributed by atoms with Crippen LogP contribution in [0.3, 0.4) is 0 Å². The van der Waals surface area contributed by atoms with Crippen LogP contribution >= 0.6 is 0 Å². The minimum atomic E-state index is 0.375. The predicted molar refractivity (Wildman–Crippen MR) is 68.9 cm³/mol. The van der Waals surface area contributed by atoms with Crippen LogP contribution in [0, 0.1) is 11.8 Å². The van der Waals surface area contributed by atoms with E-state index in [1.807, 2.05) is 5.01 Å². The van der Waals surface area contributed by atoms with Crippen LogP contribution in [0.25, 0.3) is 0 Å². The number of nitrogens with zero attached hydrogens (tertiary/aromatic N) is 2. The van der Waals surface area contributed by atoms with E-state index in [9.17, 15) is 0 Å². The van der Waals surface area contributed by atoms with Gasteiger partial charge in [0.25, 0.3) is 0 Å². The van der Waals surface area contributed by atoms with E-state index in [1.54, 1.807) is 0 Å². The van der Waals surface area contributed by atoms with E-state index < -0.39 is 0 Å². The summed E-state index contributed by atoms with van der Waals surface area (Å²) in [6, 6.07) is 0.375. The Morgan fingerprint density at radius 3 is 2.13 bits per heavy atom. The molecule has 0 saturated heterocycles. The minimum Gasteiger partial charge on any atom is -0.268 e. The zero-order valence-electron chi connectivity index (χ0n) is 11.1. The summed E-state index contributed by atoms with van der Waals surface area (Å²) >= 11 is 0. The SMILES string of the molecule is C=NN(/C(=C\C)C(C)C(C)CC)C(C)C. The fraction of sp³-hybridized carbons (Fsp3) is 0.769. The standard InChI is InChI=1S/C13H26N2/c1-8-11(5)12(6)13(9-2)15(14-7)10(3)4/h9-12H,7-8H2,1-6H3/b13-9-. The second-order valence-corrected chi connectivity index (χ2v) is 4.47. The van der Waals surface area contributed by atoms with Crippen LogP contribution < -0.4 is 0 Å². The first-order valence-electron chi connectivity index (χ1n) is 5.91. The number of hydrogen-bond acceptors (Lipinski definition) is 2. The molecule has 0 aromatic heterocycles. The van der Waals surface area contributed by atoms with Gasteiger partial charge >= 0.3 is 0 Å². The van der Waals surface area contributed by atoms with Crippen LogP contribution in [0.5, 0.6) is 0 Å². The fourth-order valence-electron chi connectivity index (χ4n) is 1.79. The first-order valence-corrected chi connectivity index (χ1v) is 5.91. The molecule has 2 nitrogen and oxygen atoms in total. The van der Waals surface area contributed by atoms with Gasteiger partial charge in [0, 0.05) is 24.4 Å². The molecule has 0 aromatic carbocycles. The third-order valence-corrected chi connectivity index (χ3v) is 3.17. The number of allylic oxidation sites excluding steroid dienone is 2. The molecule has 2 heteroatoms. The minimum absolute atomic E-state index is 0.375. The van der Waals surface area contributed by atoms with Crippen molar-refractivity contribution in [3.63, 3.8) is 0 Å². The molecule has 0 bridgehead atoms. The molecule has 0 aliphatic rings. The Morgan fingerprint density at radius 2 is 1.87 bits per heavy atom. The van der Waals surface area contributed by atoms with Gasteiger partial charge in [0.05, 0.1) is 0 Å². The van der Waals surface area contributed by atoms with Crippen molar-refractivity contribution in [1.82, 2.24) is 5.01 Å². The molecule has 0 spiro atoms. The van der Waals surface area contributed by atoms with E-state index in [-0.39, 0.29) is 0 Å². The predicted octanol–water partition coefficient (Wildman–Crippen LogP) is 3.90. The normalized spacial score (nSPS) is 16.3. The maximum absolute atomic E-state index is 4.11. The van der Waals surface area contributed by atoms with Crippen molar-refractivity contribution in [2.75, 3.05) is 0 Å². The molecule has 0 radical (unpaired) electrons. The van der Waals surface area contributed by atoms with Crippen LogP contribution in [-0.2, 0) is 0 Å². The van der Waals surface area contributed by atoms with Gasteiger partial charge in [-0.2, -0.15) is 5.10 Å². The molecule has 2 unspecified atom stereocenters. The first kappa shape index (κ1) is 14.2. The second-order valence-electron chi connectivity index (χ2n) is 4.47. The molecular weight excluding hydrogens is 184 g/mol. The lowest BCUT2D eigenvalue weighted by Crippen LogP contribution is -2.29. The maximum Gasteiger partial charge on any atom is 0.0465 e. The fourth-order valence-corrected chi connectivity index (χ4v) is 1.79. The third-order valence-electron chi connectivity index (χ3n) is 3.17. The number of hydrogen-bond donors (Lipinski definition) is 0. The summed E-state index contributed by atoms with van der Waals surface area (Å²) in [6.07, 6.45) is 3.35. The zero-order valence-corrected chi connectivity index (χ0v) is 11.1. The first-order chi connectivity index (χ1) is 6.99. The topological polar surface area (TPSA) is 15.6 Å². The van der Waals surface area contributed by atoms with Gasteiger partial charge in [0.15, 0.2) is 0 Å². The monoisotopic (exact) mass is 210 g/mol. The molecule has 0 amide bonds. The van der Waals surface area contributed by atoms with E-state index >= 15 is 0 Å². The quantitative estimate of drug-likeness (QED) is 0.479. The lowest BCUT2D eigenvalue weighted by atomic mass is 9.90. The van der Waals surface area contributed by atoms with Crippen molar-refractivity contribution in [3.05, 3.63) is 11.8 Å². The molecule has 2 atom stereocenters. The van der Waals surface area contributed by atoms with E-state index in [2.05, 4.69) is 59.4 Å². The Kier molecular flexibility index (Phi) is 6.30. The lowest BCUT2D eigenvalue weighted by molar-refractivity contribution is 0.241. The Balaban J connectivity index is 4.82. The molecule has 15 heavy (non-hydrogen) atoms. The summed E-state index contributed by atoms with van der Waals surface area (Å²) in [7, 11) is 0. The lowest BCUT2D eigenvalue weighted by Gasteiger charge is -2.32. The van der Waals surface area contributed by atoms with Gasteiger partial charge in [-0.3, -0.25) is 5.01 Å². The van der Waals surface area contributed by atoms with Gasteiger partial charge in [0.2, 0.25) is 0 Å². The maximum atomic E-state index is 4.11. The summed E-state index contributed by atoms with van der Waals surface area (Å²) < 4.78 is 0. The van der Waals surface area contributed by atoms with Crippen LogP contribution in [0.4, 0.5) is 0 Å². The van der Waals surface area contributed by atoms with Crippen molar-refractivity contribution in [3.8, 4) is 0 Å². The Hall–Kier alpha value is -0.790. The van der Waals surface area contributed by atoms with Gasteiger partial charge in [-0.15, -0.1) is 0 Å². The average Bonchev–Trinajstić information content (AvgIpc) is 2.22. The zero-order chi connectivity index (χ0) is 12.0. The van der Waals surface area contributed by atoms with Crippen LogP contribution in [-0.4, -0.2) is 17.8 Å². The van der Waals surface area contributed by atoms with Crippen LogP contribution in [0.2, 0.25) is 0 Å². The number of hydrazone groups is 1. The van der Waals surface area contributed by atoms with Gasteiger partial charge < -0.3 is 0 Å². The van der Waals surface area contributed by atoms with Crippen LogP contribution in [0.15, 0.2) is 16.9 Å². The molecule has 0 N–H and O–H groups in total. The molecule has 0 heterocycles. The Bertz CT molecular complexity index is 219. The summed E-state index contributed by atoms with van der Waals surface area (Å²) in [5.74, 6) is 1.21. The summed E-state index contributed by atoms with van der Waals surface area (Å²) in [5.41, 5.74) is 1.29. The van der Waals surface area contributed by atoms with Gasteiger partial charge in [-0.25, -0.2) is 0 Å². The van der Waals surface area contributed by atoms with Crippen molar-refractivity contribution in [2.24, 2.45) is 16.9 Å². The summed E-state index contributed by atoms with van der Waals surface area (Å²) in [4.78, 5) is 0. The molecule has 0 saturated carbocycles. The smallest absolute Gasteiger partial charge is 0.0465 e. The largest absolute Gasteiger partial charge is 0.268 e. The van der Waals surface area contributed by atoms with Crippen molar-refractivity contribution in [1.29, 1.82) is 0 Å². The highest BCUT2D eigenvalue weighted by molar-refractivity contribution is 5.24. The van der Waals surface area contributed by atoms with Crippen LogP contribution in [0.1, 0.15) is 48.0 Å². The molecule has 0 aromatic rings. The van der Waals surface area contributed by atoms with Gasteiger partial charge in [-0.05, 0) is 26.7 Å². The summed E-state index contributed by atoms with van der Waals surface area (Å²) in [6.45, 7) is 16.8. The molecule has 0 fully saturated rings. The molecule has 0 aliphatic heterocycles. The molecule has 88 valence electrons. The molecule has 0 rings (SSSR count). The highest BCUT2D eigenvalue weighted by atomic mass is 15.5. The summed E-state index contributed by atoms with van der Waals surface area (Å²) in [5, 5.41) is 6.14. The number of rotatable bonds is 6. The Labute approximate surface area is 95.1 Å². The van der Waals surface area contributed by atoms with Gasteiger partial charge in [0.1, 0.15) is 0 Å². The van der Waals surface area contributed by atoms with E-state index in [0.717, 1.165) is 0 Å². The molecule has 0 aliphatic carbocycles. The van der Waals surface area contributed by atoms with Gasteiger partial charge in [-0.1, -0.05) is 33.3 Å². The van der Waals surface area contributed by atoms with E-state index in [0.29, 0.717) is 17.9 Å². The highest BCUT2D eigenvalue weighted by Crippen LogP contribution is 2.27. The van der Waals surface area contributed by atoms with Crippen molar-refractivity contribution < 1.29 is 0 Å². The molecular formula is C13H26N2. The average molecular weight is 210 g/mol. The van der Waals surface area contributed by atoms with Crippen molar-refractivity contribution >= 4 is 6.72 Å². The third kappa shape index (κ3) is 3.69. The van der Waals surface area contributed by atoms with Crippen molar-refractivity contribution in [2.45, 2.75) is 54.0 Å². The second kappa shape index (κ2) is 6.65. The Morgan fingerprint density at radius 1 is 1.33 bits per heavy atom. The highest BCUT2D eigenvalue weighted by Gasteiger charge is 2.21. The van der Waals surface area contributed by atoms with E-state index in [1.165, 1.54) is 12.1 Å². The van der Waals surface area contributed by atoms with E-state index in [4.69, 9.17) is 0 Å².